The van der Waals surface area contributed by atoms with Gasteiger partial charge in [0, 0.05) is 6.04 Å². The zero-order valence-corrected chi connectivity index (χ0v) is 18.5. The molecule has 0 bridgehead atoms. The molecule has 7 nitrogen and oxygen atoms in total. The van der Waals surface area contributed by atoms with E-state index in [4.69, 9.17) is 9.47 Å². The maximum atomic E-state index is 12.5. The first kappa shape index (κ1) is 23.4. The van der Waals surface area contributed by atoms with E-state index in [9.17, 15) is 14.4 Å². The van der Waals surface area contributed by atoms with Crippen molar-refractivity contribution in [3.05, 3.63) is 35.9 Å². The third kappa shape index (κ3) is 6.61. The van der Waals surface area contributed by atoms with Crippen molar-refractivity contribution < 1.29 is 23.9 Å². The average Bonchev–Trinajstić information content (AvgIpc) is 3.21. The zero-order chi connectivity index (χ0) is 22.2. The predicted octanol–water partition coefficient (Wildman–Crippen LogP) is 2.52. The topological polar surface area (TPSA) is 93.7 Å². The summed E-state index contributed by atoms with van der Waals surface area (Å²) in [5.74, 6) is -1.12. The maximum absolute atomic E-state index is 12.5. The lowest BCUT2D eigenvalue weighted by Gasteiger charge is -2.24. The highest BCUT2D eigenvalue weighted by molar-refractivity contribution is 5.91. The van der Waals surface area contributed by atoms with Crippen LogP contribution in [0.15, 0.2) is 30.3 Å². The summed E-state index contributed by atoms with van der Waals surface area (Å²) in [7, 11) is 0. The summed E-state index contributed by atoms with van der Waals surface area (Å²) in [6.07, 6.45) is 6.42. The van der Waals surface area contributed by atoms with Crippen molar-refractivity contribution in [2.45, 2.75) is 83.0 Å². The van der Waals surface area contributed by atoms with E-state index < -0.39 is 36.0 Å². The molecule has 2 aliphatic rings. The molecule has 7 heteroatoms. The summed E-state index contributed by atoms with van der Waals surface area (Å²) in [4.78, 5) is 37.4. The number of carbonyl (C=O) groups is 3. The Bertz CT molecular complexity index is 740. The Morgan fingerprint density at radius 1 is 1.13 bits per heavy atom. The van der Waals surface area contributed by atoms with Gasteiger partial charge in [0.1, 0.15) is 18.1 Å². The first-order valence-electron chi connectivity index (χ1n) is 11.5. The van der Waals surface area contributed by atoms with E-state index in [0.717, 1.165) is 24.8 Å². The minimum absolute atomic E-state index is 0.259. The van der Waals surface area contributed by atoms with E-state index in [1.807, 2.05) is 30.3 Å². The van der Waals surface area contributed by atoms with Gasteiger partial charge in [-0.15, -0.1) is 0 Å². The highest BCUT2D eigenvalue weighted by Gasteiger charge is 2.40. The fourth-order valence-electron chi connectivity index (χ4n) is 4.60. The SMILES string of the molecule is CCOC(=O)[C@H](CCc1ccccc1)N[C@@H](C)C(=O)OC(=O)[C@@H]1C[C@H]2CCCC[C@@H]2N1. The van der Waals surface area contributed by atoms with E-state index in [1.165, 1.54) is 12.8 Å². The Morgan fingerprint density at radius 2 is 1.87 bits per heavy atom. The molecule has 0 radical (unpaired) electrons. The van der Waals surface area contributed by atoms with Gasteiger partial charge >= 0.3 is 17.9 Å². The standard InChI is InChI=1S/C24H34N2O5/c1-3-30-23(28)20(14-13-17-9-5-4-6-10-17)25-16(2)22(27)31-24(29)21-15-18-11-7-8-12-19(18)26-21/h4-6,9-10,16,18-21,25-26H,3,7-8,11-15H2,1-2H3/t16-,18+,19-,20-,21-/m0/s1. The number of hydrogen-bond donors (Lipinski definition) is 2. The Kier molecular flexibility index (Phi) is 8.60. The lowest BCUT2D eigenvalue weighted by molar-refractivity contribution is -0.162. The van der Waals surface area contributed by atoms with Crippen molar-refractivity contribution in [2.75, 3.05) is 6.61 Å². The molecule has 1 aliphatic heterocycles. The molecule has 1 aromatic rings. The monoisotopic (exact) mass is 430 g/mol. The molecule has 0 spiro atoms. The number of rotatable bonds is 9. The van der Waals surface area contributed by atoms with E-state index in [0.29, 0.717) is 24.8 Å². The second-order valence-corrected chi connectivity index (χ2v) is 8.56. The molecule has 170 valence electrons. The van der Waals surface area contributed by atoms with Gasteiger partial charge in [0.15, 0.2) is 0 Å². The van der Waals surface area contributed by atoms with Crippen LogP contribution in [0.4, 0.5) is 0 Å². The van der Waals surface area contributed by atoms with Gasteiger partial charge in [-0.2, -0.15) is 0 Å². The summed E-state index contributed by atoms with van der Waals surface area (Å²) >= 11 is 0. The number of ether oxygens (including phenoxy) is 2. The Labute approximate surface area is 184 Å². The van der Waals surface area contributed by atoms with Crippen LogP contribution in [0.25, 0.3) is 0 Å². The minimum Gasteiger partial charge on any atom is -0.465 e. The Balaban J connectivity index is 1.51. The average molecular weight is 431 g/mol. The molecular formula is C24H34N2O5. The number of hydrogen-bond acceptors (Lipinski definition) is 7. The number of fused-ring (bicyclic) bond motifs is 1. The van der Waals surface area contributed by atoms with Gasteiger partial charge in [-0.1, -0.05) is 43.2 Å². The molecule has 0 aromatic heterocycles. The van der Waals surface area contributed by atoms with Gasteiger partial charge in [-0.25, -0.2) is 9.59 Å². The van der Waals surface area contributed by atoms with Crippen molar-refractivity contribution >= 4 is 17.9 Å². The van der Waals surface area contributed by atoms with Gasteiger partial charge in [0.05, 0.1) is 6.61 Å². The van der Waals surface area contributed by atoms with Crippen LogP contribution >= 0.6 is 0 Å². The molecule has 2 N–H and O–H groups in total. The van der Waals surface area contributed by atoms with Crippen molar-refractivity contribution in [2.24, 2.45) is 5.92 Å². The highest BCUT2D eigenvalue weighted by Crippen LogP contribution is 2.33. The number of aryl methyl sites for hydroxylation is 1. The van der Waals surface area contributed by atoms with Crippen LogP contribution < -0.4 is 10.6 Å². The number of carbonyl (C=O) groups excluding carboxylic acids is 3. The third-order valence-electron chi connectivity index (χ3n) is 6.29. The summed E-state index contributed by atoms with van der Waals surface area (Å²) in [5, 5.41) is 6.33. The second kappa shape index (κ2) is 11.4. The lowest BCUT2D eigenvalue weighted by Crippen LogP contribution is -2.48. The molecule has 1 aromatic carbocycles. The Morgan fingerprint density at radius 3 is 2.58 bits per heavy atom. The van der Waals surface area contributed by atoms with E-state index >= 15 is 0 Å². The summed E-state index contributed by atoms with van der Waals surface area (Å²) in [6.45, 7) is 3.61. The predicted molar refractivity (Wildman–Crippen MR) is 116 cm³/mol. The van der Waals surface area contributed by atoms with E-state index in [1.54, 1.807) is 13.8 Å². The van der Waals surface area contributed by atoms with Crippen molar-refractivity contribution in [3.8, 4) is 0 Å². The largest absolute Gasteiger partial charge is 0.465 e. The Hall–Kier alpha value is -2.25. The number of esters is 3. The maximum Gasteiger partial charge on any atom is 0.330 e. The van der Waals surface area contributed by atoms with Gasteiger partial charge in [0.2, 0.25) is 0 Å². The summed E-state index contributed by atoms with van der Waals surface area (Å²) in [5.41, 5.74) is 1.10. The molecular weight excluding hydrogens is 396 g/mol. The van der Waals surface area contributed by atoms with Crippen molar-refractivity contribution in [1.29, 1.82) is 0 Å². The molecule has 3 rings (SSSR count). The van der Waals surface area contributed by atoms with E-state index in [-0.39, 0.29) is 6.61 Å². The van der Waals surface area contributed by atoms with Gasteiger partial charge in [-0.05, 0) is 57.4 Å². The number of benzene rings is 1. The summed E-state index contributed by atoms with van der Waals surface area (Å²) in [6, 6.07) is 8.26. The van der Waals surface area contributed by atoms with Crippen LogP contribution in [0, 0.1) is 5.92 Å². The summed E-state index contributed by atoms with van der Waals surface area (Å²) < 4.78 is 10.3. The molecule has 1 saturated carbocycles. The van der Waals surface area contributed by atoms with Crippen LogP contribution in [-0.4, -0.2) is 48.7 Å². The van der Waals surface area contributed by atoms with Crippen LogP contribution in [0.2, 0.25) is 0 Å². The minimum atomic E-state index is -0.808. The van der Waals surface area contributed by atoms with Crippen LogP contribution in [0.3, 0.4) is 0 Å². The van der Waals surface area contributed by atoms with Crippen molar-refractivity contribution in [1.82, 2.24) is 10.6 Å². The molecule has 1 aliphatic carbocycles. The number of nitrogens with one attached hydrogen (secondary N) is 2. The fourth-order valence-corrected chi connectivity index (χ4v) is 4.60. The molecule has 0 unspecified atom stereocenters. The molecule has 1 saturated heterocycles. The third-order valence-corrected chi connectivity index (χ3v) is 6.29. The molecule has 2 fully saturated rings. The first-order chi connectivity index (χ1) is 15.0. The quantitative estimate of drug-likeness (QED) is 0.459. The smallest absolute Gasteiger partial charge is 0.330 e. The molecule has 0 amide bonds. The van der Waals surface area contributed by atoms with Crippen LogP contribution in [0.1, 0.15) is 57.9 Å². The van der Waals surface area contributed by atoms with Gasteiger partial charge < -0.3 is 14.8 Å². The van der Waals surface area contributed by atoms with Gasteiger partial charge in [-0.3, -0.25) is 10.1 Å². The normalized spacial score (nSPS) is 24.6. The van der Waals surface area contributed by atoms with Crippen LogP contribution in [0.5, 0.6) is 0 Å². The second-order valence-electron chi connectivity index (χ2n) is 8.56. The van der Waals surface area contributed by atoms with Gasteiger partial charge in [0.25, 0.3) is 0 Å². The molecule has 1 heterocycles. The lowest BCUT2D eigenvalue weighted by atomic mass is 9.85. The highest BCUT2D eigenvalue weighted by atomic mass is 16.6. The zero-order valence-electron chi connectivity index (χ0n) is 18.5. The van der Waals surface area contributed by atoms with Crippen LogP contribution in [-0.2, 0) is 30.3 Å². The molecule has 31 heavy (non-hydrogen) atoms. The van der Waals surface area contributed by atoms with Crippen molar-refractivity contribution in [3.63, 3.8) is 0 Å². The first-order valence-corrected chi connectivity index (χ1v) is 11.5. The van der Waals surface area contributed by atoms with E-state index in [2.05, 4.69) is 10.6 Å². The molecule has 5 atom stereocenters. The fraction of sp³-hybridized carbons (Fsp3) is 0.625.